The first-order valence-corrected chi connectivity index (χ1v) is 6.92. The zero-order valence-corrected chi connectivity index (χ0v) is 9.85. The van der Waals surface area contributed by atoms with Gasteiger partial charge >= 0.3 is 0 Å². The highest BCUT2D eigenvalue weighted by Crippen LogP contribution is 2.44. The first-order chi connectivity index (χ1) is 7.34. The summed E-state index contributed by atoms with van der Waals surface area (Å²) in [6, 6.07) is 0. The Morgan fingerprint density at radius 1 is 1.00 bits per heavy atom. The maximum atomic E-state index is 6.08. The summed E-state index contributed by atoms with van der Waals surface area (Å²) in [7, 11) is 0. The van der Waals surface area contributed by atoms with Crippen LogP contribution in [0.1, 0.15) is 67.5 Å². The molecule has 1 heterocycles. The van der Waals surface area contributed by atoms with Crippen molar-refractivity contribution in [3.8, 4) is 0 Å². The fourth-order valence-corrected chi connectivity index (χ4v) is 3.77. The SMILES string of the molecule is Nc1sc(C2CCCC2)nc1C1CCC1. The van der Waals surface area contributed by atoms with Crippen LogP contribution in [0.15, 0.2) is 0 Å². The molecule has 2 aliphatic rings. The Balaban J connectivity index is 1.83. The van der Waals surface area contributed by atoms with Gasteiger partial charge in [-0.1, -0.05) is 19.3 Å². The lowest BCUT2D eigenvalue weighted by atomic mass is 9.83. The van der Waals surface area contributed by atoms with E-state index in [1.165, 1.54) is 55.6 Å². The lowest BCUT2D eigenvalue weighted by molar-refractivity contribution is 0.412. The molecule has 0 aliphatic heterocycles. The molecule has 0 atom stereocenters. The first kappa shape index (κ1) is 9.64. The van der Waals surface area contributed by atoms with E-state index in [-0.39, 0.29) is 0 Å². The number of aromatic nitrogens is 1. The molecule has 1 aromatic rings. The van der Waals surface area contributed by atoms with Gasteiger partial charge in [-0.25, -0.2) is 4.98 Å². The van der Waals surface area contributed by atoms with E-state index in [0.29, 0.717) is 5.92 Å². The zero-order valence-electron chi connectivity index (χ0n) is 9.04. The van der Waals surface area contributed by atoms with Gasteiger partial charge < -0.3 is 5.73 Å². The number of hydrogen-bond donors (Lipinski definition) is 1. The number of anilines is 1. The molecule has 2 saturated carbocycles. The molecule has 0 radical (unpaired) electrons. The molecule has 0 bridgehead atoms. The van der Waals surface area contributed by atoms with Gasteiger partial charge in [0.15, 0.2) is 0 Å². The van der Waals surface area contributed by atoms with Crippen molar-refractivity contribution in [1.29, 1.82) is 0 Å². The minimum absolute atomic E-state index is 0.691. The Bertz CT molecular complexity index is 349. The van der Waals surface area contributed by atoms with Gasteiger partial charge in [0, 0.05) is 11.8 Å². The fraction of sp³-hybridized carbons (Fsp3) is 0.750. The molecule has 2 fully saturated rings. The van der Waals surface area contributed by atoms with Crippen molar-refractivity contribution in [2.75, 3.05) is 5.73 Å². The summed E-state index contributed by atoms with van der Waals surface area (Å²) in [4.78, 5) is 4.81. The quantitative estimate of drug-likeness (QED) is 0.829. The van der Waals surface area contributed by atoms with Crippen LogP contribution in [0.2, 0.25) is 0 Å². The predicted molar refractivity (Wildman–Crippen MR) is 64.3 cm³/mol. The summed E-state index contributed by atoms with van der Waals surface area (Å²) in [5, 5.41) is 2.33. The van der Waals surface area contributed by atoms with Gasteiger partial charge in [-0.3, -0.25) is 0 Å². The Labute approximate surface area is 94.9 Å². The first-order valence-electron chi connectivity index (χ1n) is 6.10. The van der Waals surface area contributed by atoms with Crippen LogP contribution in [-0.4, -0.2) is 4.98 Å². The van der Waals surface area contributed by atoms with E-state index in [9.17, 15) is 0 Å². The van der Waals surface area contributed by atoms with Crippen molar-refractivity contribution in [2.24, 2.45) is 0 Å². The second-order valence-electron chi connectivity index (χ2n) is 4.91. The number of nitrogen functional groups attached to an aromatic ring is 1. The van der Waals surface area contributed by atoms with Crippen LogP contribution in [-0.2, 0) is 0 Å². The van der Waals surface area contributed by atoms with Crippen molar-refractivity contribution in [3.05, 3.63) is 10.7 Å². The number of thiazole rings is 1. The van der Waals surface area contributed by atoms with Gasteiger partial charge in [0.25, 0.3) is 0 Å². The topological polar surface area (TPSA) is 38.9 Å². The largest absolute Gasteiger partial charge is 0.389 e. The Hall–Kier alpha value is -0.570. The summed E-state index contributed by atoms with van der Waals surface area (Å²) >= 11 is 1.76. The summed E-state index contributed by atoms with van der Waals surface area (Å²) < 4.78 is 0. The normalized spacial score (nSPS) is 23.2. The van der Waals surface area contributed by atoms with Gasteiger partial charge in [-0.2, -0.15) is 0 Å². The molecule has 3 rings (SSSR count). The molecule has 1 aromatic heterocycles. The molecule has 2 aliphatic carbocycles. The molecule has 82 valence electrons. The second-order valence-corrected chi connectivity index (χ2v) is 5.97. The molecule has 0 amide bonds. The van der Waals surface area contributed by atoms with E-state index in [4.69, 9.17) is 10.7 Å². The summed E-state index contributed by atoms with van der Waals surface area (Å²) in [5.41, 5.74) is 7.31. The van der Waals surface area contributed by atoms with Crippen LogP contribution >= 0.6 is 11.3 Å². The molecule has 3 heteroatoms. The van der Waals surface area contributed by atoms with Gasteiger partial charge in [-0.05, 0) is 25.7 Å². The number of rotatable bonds is 2. The average molecular weight is 222 g/mol. The monoisotopic (exact) mass is 222 g/mol. The van der Waals surface area contributed by atoms with Crippen LogP contribution in [0.25, 0.3) is 0 Å². The highest BCUT2D eigenvalue weighted by atomic mass is 32.1. The molecular weight excluding hydrogens is 204 g/mol. The fourth-order valence-electron chi connectivity index (χ4n) is 2.68. The van der Waals surface area contributed by atoms with E-state index < -0.39 is 0 Å². The number of nitrogens with zero attached hydrogens (tertiary/aromatic N) is 1. The number of nitrogens with two attached hydrogens (primary N) is 1. The van der Waals surface area contributed by atoms with E-state index in [1.54, 1.807) is 11.3 Å². The highest BCUT2D eigenvalue weighted by Gasteiger charge is 2.27. The third-order valence-corrected chi connectivity index (χ3v) is 4.96. The van der Waals surface area contributed by atoms with Gasteiger partial charge in [0.2, 0.25) is 0 Å². The van der Waals surface area contributed by atoms with Crippen LogP contribution in [0.4, 0.5) is 5.00 Å². The molecule has 0 spiro atoms. The number of hydrogen-bond acceptors (Lipinski definition) is 3. The smallest absolute Gasteiger partial charge is 0.110 e. The lowest BCUT2D eigenvalue weighted by Crippen LogP contribution is -2.11. The third-order valence-electron chi connectivity index (χ3n) is 3.89. The van der Waals surface area contributed by atoms with Crippen LogP contribution in [0.3, 0.4) is 0 Å². The molecule has 0 saturated heterocycles. The van der Waals surface area contributed by atoms with Crippen molar-refractivity contribution in [1.82, 2.24) is 4.98 Å². The van der Waals surface area contributed by atoms with Gasteiger partial charge in [-0.15, -0.1) is 11.3 Å². The van der Waals surface area contributed by atoms with Crippen molar-refractivity contribution in [2.45, 2.75) is 56.8 Å². The van der Waals surface area contributed by atoms with Gasteiger partial charge in [0.05, 0.1) is 10.7 Å². The molecular formula is C12H18N2S. The maximum Gasteiger partial charge on any atom is 0.110 e. The Kier molecular flexibility index (Phi) is 2.43. The second kappa shape index (κ2) is 3.78. The third kappa shape index (κ3) is 1.67. The van der Waals surface area contributed by atoms with Crippen LogP contribution in [0.5, 0.6) is 0 Å². The minimum Gasteiger partial charge on any atom is -0.389 e. The molecule has 0 unspecified atom stereocenters. The van der Waals surface area contributed by atoms with Crippen LogP contribution < -0.4 is 5.73 Å². The maximum absolute atomic E-state index is 6.08. The summed E-state index contributed by atoms with van der Waals surface area (Å²) in [5.74, 6) is 1.42. The zero-order chi connectivity index (χ0) is 10.3. The van der Waals surface area contributed by atoms with Gasteiger partial charge in [0.1, 0.15) is 5.00 Å². The molecule has 2 nitrogen and oxygen atoms in total. The molecule has 15 heavy (non-hydrogen) atoms. The average Bonchev–Trinajstić information content (AvgIpc) is 2.72. The van der Waals surface area contributed by atoms with E-state index in [2.05, 4.69) is 0 Å². The van der Waals surface area contributed by atoms with Crippen molar-refractivity contribution >= 4 is 16.3 Å². The van der Waals surface area contributed by atoms with Crippen molar-refractivity contribution < 1.29 is 0 Å². The van der Waals surface area contributed by atoms with E-state index >= 15 is 0 Å². The van der Waals surface area contributed by atoms with Crippen LogP contribution in [0, 0.1) is 0 Å². The standard InChI is InChI=1S/C12H18N2S/c13-11-10(8-6-3-7-8)14-12(15-11)9-4-1-2-5-9/h8-9H,1-7,13H2. The Morgan fingerprint density at radius 3 is 2.27 bits per heavy atom. The summed E-state index contributed by atoms with van der Waals surface area (Å²) in [6.07, 6.45) is 9.39. The molecule has 0 aromatic carbocycles. The highest BCUT2D eigenvalue weighted by molar-refractivity contribution is 7.15. The summed E-state index contributed by atoms with van der Waals surface area (Å²) in [6.45, 7) is 0. The molecule has 2 N–H and O–H groups in total. The van der Waals surface area contributed by atoms with E-state index in [1.807, 2.05) is 0 Å². The van der Waals surface area contributed by atoms with Crippen molar-refractivity contribution in [3.63, 3.8) is 0 Å². The predicted octanol–water partition coefficient (Wildman–Crippen LogP) is 3.65. The van der Waals surface area contributed by atoms with E-state index in [0.717, 1.165) is 10.9 Å². The lowest BCUT2D eigenvalue weighted by Gasteiger charge is -2.23. The minimum atomic E-state index is 0.691. The Morgan fingerprint density at radius 2 is 1.67 bits per heavy atom.